The number of anilines is 2. The topological polar surface area (TPSA) is 49.4 Å². The van der Waals surface area contributed by atoms with Gasteiger partial charge in [-0.3, -0.25) is 9.59 Å². The zero-order valence-corrected chi connectivity index (χ0v) is 15.6. The van der Waals surface area contributed by atoms with E-state index in [1.165, 1.54) is 17.4 Å². The van der Waals surface area contributed by atoms with Gasteiger partial charge >= 0.3 is 0 Å². The minimum Gasteiger partial charge on any atom is -0.324 e. The van der Waals surface area contributed by atoms with Crippen LogP contribution < -0.4 is 10.2 Å². The van der Waals surface area contributed by atoms with Gasteiger partial charge in [0.1, 0.15) is 6.54 Å². The van der Waals surface area contributed by atoms with Crippen molar-refractivity contribution in [2.75, 3.05) is 16.8 Å². The van der Waals surface area contributed by atoms with Crippen LogP contribution in [0.3, 0.4) is 0 Å². The Labute approximate surface area is 149 Å². The van der Waals surface area contributed by atoms with Crippen molar-refractivity contribution in [3.8, 4) is 0 Å². The van der Waals surface area contributed by atoms with Crippen molar-refractivity contribution in [1.29, 1.82) is 0 Å². The summed E-state index contributed by atoms with van der Waals surface area (Å²) in [7, 11) is 0. The van der Waals surface area contributed by atoms with Crippen molar-refractivity contribution < 1.29 is 9.59 Å². The fraction of sp³-hybridized carbons (Fsp3) is 0.333. The zero-order chi connectivity index (χ0) is 18.6. The van der Waals surface area contributed by atoms with Gasteiger partial charge in [0.25, 0.3) is 0 Å². The van der Waals surface area contributed by atoms with Crippen LogP contribution in [-0.4, -0.2) is 18.4 Å². The number of hydrogen-bond donors (Lipinski definition) is 1. The summed E-state index contributed by atoms with van der Waals surface area (Å²) in [6.45, 7) is 9.62. The molecular formula is C21H26N2O2. The van der Waals surface area contributed by atoms with Crippen LogP contribution in [0.25, 0.3) is 0 Å². The van der Waals surface area contributed by atoms with Gasteiger partial charge in [-0.1, -0.05) is 44.2 Å². The molecule has 0 saturated carbocycles. The molecule has 0 bridgehead atoms. The van der Waals surface area contributed by atoms with E-state index >= 15 is 0 Å². The lowest BCUT2D eigenvalue weighted by Crippen LogP contribution is -2.36. The molecule has 0 heterocycles. The normalized spacial score (nSPS) is 10.6. The number of para-hydroxylation sites is 1. The number of carbonyl (C=O) groups is 2. The summed E-state index contributed by atoms with van der Waals surface area (Å²) in [5.74, 6) is 0.0571. The second-order valence-corrected chi connectivity index (χ2v) is 6.67. The standard InChI is InChI=1S/C21H26N2O2/c1-14(2)18-9-11-19(12-10-18)23(17(5)24)13-20(25)22-21-15(3)7-6-8-16(21)4/h6-12,14H,13H2,1-5H3,(H,22,25). The second-order valence-electron chi connectivity index (χ2n) is 6.67. The number of nitrogens with zero attached hydrogens (tertiary/aromatic N) is 1. The summed E-state index contributed by atoms with van der Waals surface area (Å²) in [4.78, 5) is 26.0. The Morgan fingerprint density at radius 3 is 2.04 bits per heavy atom. The maximum absolute atomic E-state index is 12.5. The lowest BCUT2D eigenvalue weighted by Gasteiger charge is -2.22. The van der Waals surface area contributed by atoms with E-state index in [1.54, 1.807) is 0 Å². The number of benzene rings is 2. The molecule has 2 amide bonds. The maximum atomic E-state index is 12.5. The molecule has 0 aliphatic heterocycles. The Hall–Kier alpha value is -2.62. The number of amides is 2. The molecule has 0 aliphatic rings. The Kier molecular flexibility index (Phi) is 5.97. The summed E-state index contributed by atoms with van der Waals surface area (Å²) >= 11 is 0. The van der Waals surface area contributed by atoms with E-state index in [4.69, 9.17) is 0 Å². The Balaban J connectivity index is 2.16. The molecule has 0 spiro atoms. The lowest BCUT2D eigenvalue weighted by molar-refractivity contribution is -0.120. The summed E-state index contributed by atoms with van der Waals surface area (Å²) in [6.07, 6.45) is 0. The third-order valence-electron chi connectivity index (χ3n) is 4.30. The minimum absolute atomic E-state index is 0.00979. The molecule has 4 heteroatoms. The molecule has 0 unspecified atom stereocenters. The van der Waals surface area contributed by atoms with Gasteiger partial charge in [-0.2, -0.15) is 0 Å². The molecule has 2 rings (SSSR count). The zero-order valence-electron chi connectivity index (χ0n) is 15.6. The number of nitrogens with one attached hydrogen (secondary N) is 1. The Morgan fingerprint density at radius 1 is 1.00 bits per heavy atom. The number of hydrogen-bond acceptors (Lipinski definition) is 2. The first-order chi connectivity index (χ1) is 11.8. The van der Waals surface area contributed by atoms with Crippen LogP contribution >= 0.6 is 0 Å². The van der Waals surface area contributed by atoms with Crippen molar-refractivity contribution in [3.05, 3.63) is 59.2 Å². The number of carbonyl (C=O) groups excluding carboxylic acids is 2. The lowest BCUT2D eigenvalue weighted by atomic mass is 10.0. The molecule has 0 fully saturated rings. The molecule has 2 aromatic rings. The molecule has 4 nitrogen and oxygen atoms in total. The van der Waals surface area contributed by atoms with Crippen LogP contribution in [0.2, 0.25) is 0 Å². The second kappa shape index (κ2) is 7.97. The summed E-state index contributed by atoms with van der Waals surface area (Å²) in [6, 6.07) is 13.6. The third-order valence-corrected chi connectivity index (χ3v) is 4.30. The van der Waals surface area contributed by atoms with Crippen molar-refractivity contribution in [2.24, 2.45) is 0 Å². The molecule has 0 radical (unpaired) electrons. The van der Waals surface area contributed by atoms with Crippen LogP contribution in [0.15, 0.2) is 42.5 Å². The highest BCUT2D eigenvalue weighted by Crippen LogP contribution is 2.22. The average molecular weight is 338 g/mol. The van der Waals surface area contributed by atoms with Crippen LogP contribution in [0.4, 0.5) is 11.4 Å². The fourth-order valence-electron chi connectivity index (χ4n) is 2.76. The molecule has 0 aromatic heterocycles. The molecule has 2 aromatic carbocycles. The van der Waals surface area contributed by atoms with Gasteiger partial charge in [0.2, 0.25) is 11.8 Å². The molecule has 0 aliphatic carbocycles. The highest BCUT2D eigenvalue weighted by molar-refractivity contribution is 6.02. The molecular weight excluding hydrogens is 312 g/mol. The predicted octanol–water partition coefficient (Wildman–Crippen LogP) is 4.42. The van der Waals surface area contributed by atoms with Gasteiger partial charge in [-0.15, -0.1) is 0 Å². The first-order valence-electron chi connectivity index (χ1n) is 8.53. The van der Waals surface area contributed by atoms with E-state index in [-0.39, 0.29) is 18.4 Å². The van der Waals surface area contributed by atoms with Gasteiger partial charge in [-0.05, 0) is 48.6 Å². The fourth-order valence-corrected chi connectivity index (χ4v) is 2.76. The first-order valence-corrected chi connectivity index (χ1v) is 8.53. The van der Waals surface area contributed by atoms with Crippen molar-refractivity contribution in [2.45, 2.75) is 40.5 Å². The van der Waals surface area contributed by atoms with Gasteiger partial charge in [0.15, 0.2) is 0 Å². The van der Waals surface area contributed by atoms with Gasteiger partial charge in [0, 0.05) is 18.3 Å². The Bertz CT molecular complexity index is 744. The number of aryl methyl sites for hydroxylation is 2. The largest absolute Gasteiger partial charge is 0.324 e. The van der Waals surface area contributed by atoms with E-state index in [0.29, 0.717) is 5.92 Å². The van der Waals surface area contributed by atoms with Crippen molar-refractivity contribution in [1.82, 2.24) is 0 Å². The maximum Gasteiger partial charge on any atom is 0.244 e. The molecule has 0 atom stereocenters. The molecule has 132 valence electrons. The Morgan fingerprint density at radius 2 is 1.56 bits per heavy atom. The number of rotatable bonds is 5. The van der Waals surface area contributed by atoms with Crippen LogP contribution in [0.1, 0.15) is 43.4 Å². The minimum atomic E-state index is -0.208. The molecule has 1 N–H and O–H groups in total. The summed E-state index contributed by atoms with van der Waals surface area (Å²) in [5, 5.41) is 2.93. The van der Waals surface area contributed by atoms with E-state index in [0.717, 1.165) is 22.5 Å². The van der Waals surface area contributed by atoms with Gasteiger partial charge in [-0.25, -0.2) is 0 Å². The van der Waals surface area contributed by atoms with Gasteiger partial charge in [0.05, 0.1) is 0 Å². The molecule has 25 heavy (non-hydrogen) atoms. The van der Waals surface area contributed by atoms with Crippen molar-refractivity contribution in [3.63, 3.8) is 0 Å². The predicted molar refractivity (Wildman–Crippen MR) is 103 cm³/mol. The van der Waals surface area contributed by atoms with E-state index < -0.39 is 0 Å². The smallest absolute Gasteiger partial charge is 0.244 e. The van der Waals surface area contributed by atoms with Crippen molar-refractivity contribution >= 4 is 23.2 Å². The van der Waals surface area contributed by atoms with E-state index in [2.05, 4.69) is 19.2 Å². The van der Waals surface area contributed by atoms with Crippen LogP contribution in [0.5, 0.6) is 0 Å². The van der Waals surface area contributed by atoms with Crippen LogP contribution in [-0.2, 0) is 9.59 Å². The first kappa shape index (κ1) is 18.7. The SMILES string of the molecule is CC(=O)N(CC(=O)Nc1c(C)cccc1C)c1ccc(C(C)C)cc1. The highest BCUT2D eigenvalue weighted by Gasteiger charge is 2.17. The third kappa shape index (κ3) is 4.69. The summed E-state index contributed by atoms with van der Waals surface area (Å²) in [5.41, 5.74) is 4.75. The van der Waals surface area contributed by atoms with Crippen LogP contribution in [0, 0.1) is 13.8 Å². The van der Waals surface area contributed by atoms with E-state index in [9.17, 15) is 9.59 Å². The average Bonchev–Trinajstić information content (AvgIpc) is 2.56. The quantitative estimate of drug-likeness (QED) is 0.877. The van der Waals surface area contributed by atoms with E-state index in [1.807, 2.05) is 56.3 Å². The monoisotopic (exact) mass is 338 g/mol. The highest BCUT2D eigenvalue weighted by atomic mass is 16.2. The molecule has 0 saturated heterocycles. The summed E-state index contributed by atoms with van der Waals surface area (Å²) < 4.78 is 0. The van der Waals surface area contributed by atoms with Gasteiger partial charge < -0.3 is 10.2 Å².